The number of nitrogen functional groups attached to an aromatic ring is 1. The van der Waals surface area contributed by atoms with E-state index in [0.29, 0.717) is 23.9 Å². The lowest BCUT2D eigenvalue weighted by atomic mass is 10.0. The largest absolute Gasteiger partial charge is 0.383 e. The van der Waals surface area contributed by atoms with Crippen molar-refractivity contribution < 1.29 is 9.53 Å². The number of hydrogen-bond acceptors (Lipinski definition) is 5. The summed E-state index contributed by atoms with van der Waals surface area (Å²) in [5, 5.41) is 6.70. The van der Waals surface area contributed by atoms with Gasteiger partial charge in [-0.1, -0.05) is 24.3 Å². The van der Waals surface area contributed by atoms with Gasteiger partial charge in [-0.3, -0.25) is 9.48 Å². The summed E-state index contributed by atoms with van der Waals surface area (Å²) >= 11 is 0. The SMILES string of the molecule is COCc1ccc(-c2ccc(NC(=O)c3ccnn3C)nc2N)cc1. The minimum atomic E-state index is -0.288. The van der Waals surface area contributed by atoms with E-state index in [2.05, 4.69) is 15.4 Å². The third-order valence-electron chi connectivity index (χ3n) is 3.80. The third kappa shape index (κ3) is 3.67. The van der Waals surface area contributed by atoms with Crippen molar-refractivity contribution in [2.45, 2.75) is 6.61 Å². The Morgan fingerprint density at radius 2 is 1.96 bits per heavy atom. The minimum absolute atomic E-state index is 0.288. The number of amides is 1. The Labute approximate surface area is 145 Å². The van der Waals surface area contributed by atoms with E-state index >= 15 is 0 Å². The molecule has 7 nitrogen and oxygen atoms in total. The van der Waals surface area contributed by atoms with E-state index in [1.165, 1.54) is 4.68 Å². The van der Waals surface area contributed by atoms with Gasteiger partial charge in [0.05, 0.1) is 6.61 Å². The number of nitrogens with one attached hydrogen (secondary N) is 1. The fraction of sp³-hybridized carbons (Fsp3) is 0.167. The molecule has 25 heavy (non-hydrogen) atoms. The molecule has 2 heterocycles. The average Bonchev–Trinajstić information content (AvgIpc) is 3.02. The van der Waals surface area contributed by atoms with Crippen molar-refractivity contribution >= 4 is 17.5 Å². The van der Waals surface area contributed by atoms with Crippen LogP contribution >= 0.6 is 0 Å². The molecule has 3 N–H and O–H groups in total. The number of aryl methyl sites for hydroxylation is 1. The van der Waals surface area contributed by atoms with Crippen LogP contribution in [-0.2, 0) is 18.4 Å². The van der Waals surface area contributed by atoms with Crippen molar-refractivity contribution in [2.75, 3.05) is 18.2 Å². The summed E-state index contributed by atoms with van der Waals surface area (Å²) < 4.78 is 6.60. The van der Waals surface area contributed by atoms with Crippen LogP contribution in [0.5, 0.6) is 0 Å². The Kier molecular flexibility index (Phi) is 4.76. The van der Waals surface area contributed by atoms with E-state index in [1.54, 1.807) is 32.5 Å². The van der Waals surface area contributed by atoms with Gasteiger partial charge in [-0.2, -0.15) is 5.10 Å². The number of nitrogens with zero attached hydrogens (tertiary/aromatic N) is 3. The van der Waals surface area contributed by atoms with Gasteiger partial charge >= 0.3 is 0 Å². The summed E-state index contributed by atoms with van der Waals surface area (Å²) in [6, 6.07) is 13.1. The lowest BCUT2D eigenvalue weighted by Gasteiger charge is -2.10. The van der Waals surface area contributed by atoms with Gasteiger partial charge in [-0.15, -0.1) is 0 Å². The molecule has 0 spiro atoms. The number of pyridine rings is 1. The highest BCUT2D eigenvalue weighted by Gasteiger charge is 2.12. The third-order valence-corrected chi connectivity index (χ3v) is 3.80. The Bertz CT molecular complexity index is 887. The quantitative estimate of drug-likeness (QED) is 0.746. The van der Waals surface area contributed by atoms with E-state index in [1.807, 2.05) is 30.3 Å². The van der Waals surface area contributed by atoms with Gasteiger partial charge in [-0.05, 0) is 29.3 Å². The second-order valence-electron chi connectivity index (χ2n) is 5.55. The number of rotatable bonds is 5. The molecule has 0 radical (unpaired) electrons. The Balaban J connectivity index is 1.78. The Hall–Kier alpha value is -3.19. The molecule has 0 fully saturated rings. The number of nitrogens with two attached hydrogens (primary N) is 1. The first-order valence-electron chi connectivity index (χ1n) is 7.72. The molecular formula is C18H19N5O2. The number of hydrogen-bond donors (Lipinski definition) is 2. The van der Waals surface area contributed by atoms with E-state index in [4.69, 9.17) is 10.5 Å². The van der Waals surface area contributed by atoms with Gasteiger partial charge in [-0.25, -0.2) is 4.98 Å². The van der Waals surface area contributed by atoms with Crippen molar-refractivity contribution in [3.8, 4) is 11.1 Å². The van der Waals surface area contributed by atoms with Crippen LogP contribution in [0.25, 0.3) is 11.1 Å². The van der Waals surface area contributed by atoms with E-state index in [9.17, 15) is 4.79 Å². The van der Waals surface area contributed by atoms with Crippen LogP contribution in [0.4, 0.5) is 11.6 Å². The van der Waals surface area contributed by atoms with E-state index < -0.39 is 0 Å². The maximum absolute atomic E-state index is 12.2. The van der Waals surface area contributed by atoms with E-state index in [-0.39, 0.29) is 5.91 Å². The maximum Gasteiger partial charge on any atom is 0.275 e. The molecule has 0 saturated heterocycles. The molecule has 0 aliphatic rings. The van der Waals surface area contributed by atoms with Crippen molar-refractivity contribution in [1.82, 2.24) is 14.8 Å². The molecule has 1 aromatic carbocycles. The molecule has 0 atom stereocenters. The zero-order chi connectivity index (χ0) is 17.8. The highest BCUT2D eigenvalue weighted by Crippen LogP contribution is 2.26. The molecule has 0 unspecified atom stereocenters. The molecule has 3 aromatic rings. The van der Waals surface area contributed by atoms with Gasteiger partial charge in [0, 0.05) is 25.9 Å². The summed E-state index contributed by atoms with van der Waals surface area (Å²) in [6.45, 7) is 0.562. The average molecular weight is 337 g/mol. The molecule has 0 saturated carbocycles. The van der Waals surface area contributed by atoms with Crippen molar-refractivity contribution in [2.24, 2.45) is 7.05 Å². The molecule has 0 aliphatic heterocycles. The van der Waals surface area contributed by atoms with Crippen LogP contribution < -0.4 is 11.1 Å². The van der Waals surface area contributed by atoms with Gasteiger partial charge < -0.3 is 15.8 Å². The van der Waals surface area contributed by atoms with Gasteiger partial charge in [0.2, 0.25) is 0 Å². The maximum atomic E-state index is 12.2. The molecule has 3 rings (SSSR count). The van der Waals surface area contributed by atoms with Crippen LogP contribution in [0.15, 0.2) is 48.7 Å². The van der Waals surface area contributed by atoms with Crippen molar-refractivity contribution in [3.05, 3.63) is 59.9 Å². The lowest BCUT2D eigenvalue weighted by molar-refractivity contribution is 0.101. The predicted octanol–water partition coefficient (Wildman–Crippen LogP) is 2.46. The zero-order valence-electron chi connectivity index (χ0n) is 14.1. The number of carbonyl (C=O) groups excluding carboxylic acids is 1. The molecular weight excluding hydrogens is 318 g/mol. The lowest BCUT2D eigenvalue weighted by Crippen LogP contribution is -2.17. The monoisotopic (exact) mass is 337 g/mol. The molecule has 1 amide bonds. The number of anilines is 2. The first kappa shape index (κ1) is 16.7. The Morgan fingerprint density at radius 1 is 1.20 bits per heavy atom. The van der Waals surface area contributed by atoms with Crippen LogP contribution in [0.2, 0.25) is 0 Å². The van der Waals surface area contributed by atoms with Crippen molar-refractivity contribution in [1.29, 1.82) is 0 Å². The smallest absolute Gasteiger partial charge is 0.275 e. The standard InChI is InChI=1S/C18H19N5O2/c1-23-15(9-10-20-23)18(24)22-16-8-7-14(17(19)21-16)13-5-3-12(4-6-13)11-25-2/h3-10H,11H2,1-2H3,(H3,19,21,22,24). The summed E-state index contributed by atoms with van der Waals surface area (Å²) in [7, 11) is 3.36. The second kappa shape index (κ2) is 7.14. The summed E-state index contributed by atoms with van der Waals surface area (Å²) in [6.07, 6.45) is 1.56. The van der Waals surface area contributed by atoms with Crippen molar-refractivity contribution in [3.63, 3.8) is 0 Å². The summed E-state index contributed by atoms with van der Waals surface area (Å²) in [5.41, 5.74) is 9.35. The second-order valence-corrected chi connectivity index (χ2v) is 5.55. The van der Waals surface area contributed by atoms with Crippen LogP contribution in [0.1, 0.15) is 16.1 Å². The molecule has 128 valence electrons. The van der Waals surface area contributed by atoms with Crippen LogP contribution in [0.3, 0.4) is 0 Å². The highest BCUT2D eigenvalue weighted by atomic mass is 16.5. The molecule has 0 bridgehead atoms. The zero-order valence-corrected chi connectivity index (χ0v) is 14.1. The first-order chi connectivity index (χ1) is 12.1. The summed E-state index contributed by atoms with van der Waals surface area (Å²) in [4.78, 5) is 16.5. The van der Waals surface area contributed by atoms with Gasteiger partial charge in [0.15, 0.2) is 0 Å². The highest BCUT2D eigenvalue weighted by molar-refractivity contribution is 6.02. The molecule has 2 aromatic heterocycles. The van der Waals surface area contributed by atoms with Crippen LogP contribution in [0, 0.1) is 0 Å². The topological polar surface area (TPSA) is 95.1 Å². The van der Waals surface area contributed by atoms with Crippen LogP contribution in [-0.4, -0.2) is 27.8 Å². The fourth-order valence-corrected chi connectivity index (χ4v) is 2.51. The number of ether oxygens (including phenoxy) is 1. The number of carbonyl (C=O) groups is 1. The Morgan fingerprint density at radius 3 is 2.56 bits per heavy atom. The first-order valence-corrected chi connectivity index (χ1v) is 7.72. The summed E-state index contributed by atoms with van der Waals surface area (Å²) in [5.74, 6) is 0.453. The fourth-order valence-electron chi connectivity index (χ4n) is 2.51. The molecule has 0 aliphatic carbocycles. The van der Waals surface area contributed by atoms with Gasteiger partial charge in [0.1, 0.15) is 17.3 Å². The number of aromatic nitrogens is 3. The number of benzene rings is 1. The normalized spacial score (nSPS) is 10.6. The minimum Gasteiger partial charge on any atom is -0.383 e. The predicted molar refractivity (Wildman–Crippen MR) is 96.0 cm³/mol. The van der Waals surface area contributed by atoms with E-state index in [0.717, 1.165) is 16.7 Å². The molecule has 7 heteroatoms. The van der Waals surface area contributed by atoms with Gasteiger partial charge in [0.25, 0.3) is 5.91 Å². The number of methoxy groups -OCH3 is 1.